The van der Waals surface area contributed by atoms with Crippen LogP contribution in [0, 0.1) is 23.0 Å². The Labute approximate surface area is 83.0 Å². The molecule has 1 atom stereocenters. The standard InChI is InChI=1S/C9H5F2NO3/c10-5-1-4(3-12)7(6(11)2-5)8(13)9(14)15/h1-2,8,13H,(H,14,15). The Morgan fingerprint density at radius 1 is 1.47 bits per heavy atom. The van der Waals surface area contributed by atoms with Crippen LogP contribution in [0.25, 0.3) is 0 Å². The molecule has 6 heteroatoms. The van der Waals surface area contributed by atoms with Crippen LogP contribution in [0.5, 0.6) is 0 Å². The summed E-state index contributed by atoms with van der Waals surface area (Å²) in [6, 6.07) is 2.47. The molecule has 0 radical (unpaired) electrons. The van der Waals surface area contributed by atoms with Gasteiger partial charge in [-0.25, -0.2) is 13.6 Å². The van der Waals surface area contributed by atoms with E-state index in [1.165, 1.54) is 6.07 Å². The first kappa shape index (κ1) is 11.1. The molecular weight excluding hydrogens is 208 g/mol. The van der Waals surface area contributed by atoms with E-state index < -0.39 is 34.8 Å². The average molecular weight is 213 g/mol. The molecule has 0 fully saturated rings. The van der Waals surface area contributed by atoms with Gasteiger partial charge >= 0.3 is 5.97 Å². The molecule has 0 aliphatic rings. The molecule has 1 rings (SSSR count). The molecule has 15 heavy (non-hydrogen) atoms. The van der Waals surface area contributed by atoms with Gasteiger partial charge in [0.05, 0.1) is 11.6 Å². The number of benzene rings is 1. The quantitative estimate of drug-likeness (QED) is 0.766. The molecule has 78 valence electrons. The molecule has 4 nitrogen and oxygen atoms in total. The number of hydrogen-bond donors (Lipinski definition) is 2. The highest BCUT2D eigenvalue weighted by atomic mass is 19.1. The van der Waals surface area contributed by atoms with Crippen molar-refractivity contribution in [3.8, 4) is 6.07 Å². The zero-order chi connectivity index (χ0) is 11.6. The van der Waals surface area contributed by atoms with Crippen LogP contribution in [0.1, 0.15) is 17.2 Å². The van der Waals surface area contributed by atoms with Gasteiger partial charge in [0.1, 0.15) is 11.6 Å². The van der Waals surface area contributed by atoms with Gasteiger partial charge in [0.2, 0.25) is 0 Å². The van der Waals surface area contributed by atoms with Gasteiger partial charge in [0, 0.05) is 11.6 Å². The van der Waals surface area contributed by atoms with E-state index in [1.54, 1.807) is 0 Å². The maximum atomic E-state index is 13.1. The van der Waals surface area contributed by atoms with Crippen LogP contribution in [-0.4, -0.2) is 16.2 Å². The van der Waals surface area contributed by atoms with Crippen molar-refractivity contribution in [3.05, 3.63) is 34.9 Å². The van der Waals surface area contributed by atoms with Gasteiger partial charge in [-0.1, -0.05) is 0 Å². The summed E-state index contributed by atoms with van der Waals surface area (Å²) in [5.74, 6) is -3.98. The Hall–Kier alpha value is -2.00. The lowest BCUT2D eigenvalue weighted by Crippen LogP contribution is -2.14. The molecule has 0 bridgehead atoms. The second-order valence-corrected chi connectivity index (χ2v) is 2.70. The number of nitriles is 1. The van der Waals surface area contributed by atoms with Gasteiger partial charge in [-0.3, -0.25) is 0 Å². The summed E-state index contributed by atoms with van der Waals surface area (Å²) in [6.45, 7) is 0. The van der Waals surface area contributed by atoms with E-state index in [-0.39, 0.29) is 0 Å². The number of rotatable bonds is 2. The predicted octanol–water partition coefficient (Wildman–Crippen LogP) is 0.954. The Bertz CT molecular complexity index is 453. The normalized spacial score (nSPS) is 11.9. The Morgan fingerprint density at radius 3 is 2.53 bits per heavy atom. The summed E-state index contributed by atoms with van der Waals surface area (Å²) in [6.07, 6.45) is -2.18. The Balaban J connectivity index is 3.41. The fourth-order valence-electron chi connectivity index (χ4n) is 1.08. The van der Waals surface area contributed by atoms with Crippen LogP contribution in [-0.2, 0) is 4.79 Å². The van der Waals surface area contributed by atoms with Gasteiger partial charge in [-0.15, -0.1) is 0 Å². The number of aliphatic hydroxyl groups is 1. The lowest BCUT2D eigenvalue weighted by molar-refractivity contribution is -0.147. The third-order valence-electron chi connectivity index (χ3n) is 1.72. The van der Waals surface area contributed by atoms with Crippen molar-refractivity contribution in [3.63, 3.8) is 0 Å². The zero-order valence-corrected chi connectivity index (χ0v) is 7.24. The first-order valence-electron chi connectivity index (χ1n) is 3.77. The summed E-state index contributed by atoms with van der Waals surface area (Å²) in [5.41, 5.74) is -1.27. The molecule has 0 heterocycles. The van der Waals surface area contributed by atoms with Gasteiger partial charge in [0.15, 0.2) is 6.10 Å². The molecule has 0 aromatic heterocycles. The van der Waals surface area contributed by atoms with Gasteiger partial charge in [0.25, 0.3) is 0 Å². The summed E-state index contributed by atoms with van der Waals surface area (Å²) in [7, 11) is 0. The number of halogens is 2. The molecule has 1 aromatic carbocycles. The van der Waals surface area contributed by atoms with E-state index in [4.69, 9.17) is 15.5 Å². The number of aliphatic hydroxyl groups excluding tert-OH is 1. The van der Waals surface area contributed by atoms with Crippen LogP contribution in [0.15, 0.2) is 12.1 Å². The third kappa shape index (κ3) is 2.08. The fraction of sp³-hybridized carbons (Fsp3) is 0.111. The predicted molar refractivity (Wildman–Crippen MR) is 43.7 cm³/mol. The van der Waals surface area contributed by atoms with Crippen molar-refractivity contribution in [2.24, 2.45) is 0 Å². The molecule has 1 unspecified atom stereocenters. The highest BCUT2D eigenvalue weighted by molar-refractivity contribution is 5.75. The Morgan fingerprint density at radius 2 is 2.07 bits per heavy atom. The van der Waals surface area contributed by atoms with Crippen molar-refractivity contribution < 1.29 is 23.8 Å². The highest BCUT2D eigenvalue weighted by Crippen LogP contribution is 2.22. The van der Waals surface area contributed by atoms with E-state index in [0.717, 1.165) is 0 Å². The van der Waals surface area contributed by atoms with Crippen molar-refractivity contribution in [1.29, 1.82) is 5.26 Å². The molecule has 0 amide bonds. The van der Waals surface area contributed by atoms with Crippen molar-refractivity contribution in [2.45, 2.75) is 6.10 Å². The average Bonchev–Trinajstić information content (AvgIpc) is 2.15. The summed E-state index contributed by atoms with van der Waals surface area (Å²) in [5, 5.41) is 26.0. The molecule has 1 aromatic rings. The number of nitrogens with zero attached hydrogens (tertiary/aromatic N) is 1. The summed E-state index contributed by atoms with van der Waals surface area (Å²) < 4.78 is 25.7. The first-order valence-corrected chi connectivity index (χ1v) is 3.77. The maximum Gasteiger partial charge on any atom is 0.337 e. The van der Waals surface area contributed by atoms with E-state index in [9.17, 15) is 13.6 Å². The topological polar surface area (TPSA) is 81.3 Å². The minimum Gasteiger partial charge on any atom is -0.479 e. The van der Waals surface area contributed by atoms with Crippen LogP contribution in [0.2, 0.25) is 0 Å². The lowest BCUT2D eigenvalue weighted by atomic mass is 10.0. The Kier molecular flexibility index (Phi) is 2.97. The van der Waals surface area contributed by atoms with Crippen molar-refractivity contribution in [2.75, 3.05) is 0 Å². The number of hydrogen-bond acceptors (Lipinski definition) is 3. The van der Waals surface area contributed by atoms with Crippen molar-refractivity contribution in [1.82, 2.24) is 0 Å². The maximum absolute atomic E-state index is 13.1. The number of aliphatic carboxylic acids is 1. The van der Waals surface area contributed by atoms with E-state index in [0.29, 0.717) is 12.1 Å². The van der Waals surface area contributed by atoms with Gasteiger partial charge in [-0.2, -0.15) is 5.26 Å². The monoisotopic (exact) mass is 213 g/mol. The molecule has 0 spiro atoms. The third-order valence-corrected chi connectivity index (χ3v) is 1.72. The fourth-order valence-corrected chi connectivity index (χ4v) is 1.08. The van der Waals surface area contributed by atoms with Gasteiger partial charge < -0.3 is 10.2 Å². The minimum atomic E-state index is -2.18. The van der Waals surface area contributed by atoms with E-state index in [1.807, 2.05) is 0 Å². The second kappa shape index (κ2) is 4.02. The molecule has 0 saturated heterocycles. The molecule has 2 N–H and O–H groups in total. The SMILES string of the molecule is N#Cc1cc(F)cc(F)c1C(O)C(=O)O. The summed E-state index contributed by atoms with van der Waals surface area (Å²) in [4.78, 5) is 10.4. The zero-order valence-electron chi connectivity index (χ0n) is 7.24. The molecule has 0 saturated carbocycles. The number of carboxylic acids is 1. The highest BCUT2D eigenvalue weighted by Gasteiger charge is 2.24. The van der Waals surface area contributed by atoms with Crippen LogP contribution in [0.3, 0.4) is 0 Å². The molecule has 0 aliphatic carbocycles. The van der Waals surface area contributed by atoms with Gasteiger partial charge in [-0.05, 0) is 6.07 Å². The second-order valence-electron chi connectivity index (χ2n) is 2.70. The van der Waals surface area contributed by atoms with E-state index in [2.05, 4.69) is 0 Å². The van der Waals surface area contributed by atoms with E-state index >= 15 is 0 Å². The number of carboxylic acid groups (broad SMARTS) is 1. The number of carbonyl (C=O) groups is 1. The summed E-state index contributed by atoms with van der Waals surface area (Å²) >= 11 is 0. The van der Waals surface area contributed by atoms with Crippen LogP contribution >= 0.6 is 0 Å². The largest absolute Gasteiger partial charge is 0.479 e. The van der Waals surface area contributed by atoms with Crippen LogP contribution < -0.4 is 0 Å². The lowest BCUT2D eigenvalue weighted by Gasteiger charge is -2.08. The molecular formula is C9H5F2NO3. The first-order chi connectivity index (χ1) is 6.97. The smallest absolute Gasteiger partial charge is 0.337 e. The van der Waals surface area contributed by atoms with Crippen LogP contribution in [0.4, 0.5) is 8.78 Å². The van der Waals surface area contributed by atoms with Crippen molar-refractivity contribution >= 4 is 5.97 Å². The molecule has 0 aliphatic heterocycles. The minimum absolute atomic E-state index is 0.405.